The highest BCUT2D eigenvalue weighted by atomic mass is 16.3. The van der Waals surface area contributed by atoms with Gasteiger partial charge in [-0.3, -0.25) is 4.79 Å². The number of hydrogen-bond acceptors (Lipinski definition) is 3. The molecule has 3 N–H and O–H groups in total. The Morgan fingerprint density at radius 2 is 0.880 bits per heavy atom. The van der Waals surface area contributed by atoms with Gasteiger partial charge in [0.2, 0.25) is 5.91 Å². The summed E-state index contributed by atoms with van der Waals surface area (Å²) in [4.78, 5) is 12.3. The first-order valence-corrected chi connectivity index (χ1v) is 21.5. The third-order valence-electron chi connectivity index (χ3n) is 9.52. The highest BCUT2D eigenvalue weighted by molar-refractivity contribution is 5.76. The molecule has 4 nitrogen and oxygen atoms in total. The normalized spacial score (nSPS) is 13.6. The molecule has 0 spiro atoms. The third-order valence-corrected chi connectivity index (χ3v) is 9.52. The number of carbonyl (C=O) groups excluding carboxylic acids is 1. The van der Waals surface area contributed by atoms with Gasteiger partial charge in [-0.1, -0.05) is 216 Å². The van der Waals surface area contributed by atoms with Crippen LogP contribution in [0.15, 0.2) is 60.8 Å². The fourth-order valence-electron chi connectivity index (χ4n) is 6.25. The van der Waals surface area contributed by atoms with Crippen molar-refractivity contribution in [3.63, 3.8) is 0 Å². The Labute approximate surface area is 311 Å². The van der Waals surface area contributed by atoms with E-state index >= 15 is 0 Å². The minimum Gasteiger partial charge on any atom is -0.394 e. The summed E-state index contributed by atoms with van der Waals surface area (Å²) in [5.41, 5.74) is 0. The van der Waals surface area contributed by atoms with E-state index in [0.29, 0.717) is 12.8 Å². The van der Waals surface area contributed by atoms with E-state index in [1.165, 1.54) is 141 Å². The number of allylic oxidation sites excluding steroid dienone is 9. The molecule has 2 atom stereocenters. The first-order chi connectivity index (χ1) is 24.7. The van der Waals surface area contributed by atoms with Crippen molar-refractivity contribution in [2.75, 3.05) is 6.61 Å². The van der Waals surface area contributed by atoms with Gasteiger partial charge >= 0.3 is 0 Å². The number of hydrogen-bond donors (Lipinski definition) is 3. The molecule has 0 fully saturated rings. The number of amides is 1. The largest absolute Gasteiger partial charge is 0.394 e. The number of nitrogens with one attached hydrogen (secondary N) is 1. The van der Waals surface area contributed by atoms with Crippen LogP contribution in [0.1, 0.15) is 206 Å². The molecule has 0 aliphatic rings. The van der Waals surface area contributed by atoms with E-state index in [2.05, 4.69) is 61.7 Å². The van der Waals surface area contributed by atoms with Crippen LogP contribution in [-0.2, 0) is 4.79 Å². The number of aliphatic hydroxyl groups is 2. The molecular weight excluding hydrogens is 615 g/mol. The quantitative estimate of drug-likeness (QED) is 0.0444. The van der Waals surface area contributed by atoms with Gasteiger partial charge in [0.15, 0.2) is 0 Å². The van der Waals surface area contributed by atoms with Crippen LogP contribution in [0.25, 0.3) is 0 Å². The maximum Gasteiger partial charge on any atom is 0.220 e. The van der Waals surface area contributed by atoms with E-state index in [1.54, 1.807) is 6.08 Å². The molecule has 0 aromatic carbocycles. The number of carbonyl (C=O) groups is 1. The van der Waals surface area contributed by atoms with E-state index in [-0.39, 0.29) is 12.5 Å². The zero-order chi connectivity index (χ0) is 36.4. The van der Waals surface area contributed by atoms with Crippen molar-refractivity contribution >= 4 is 5.91 Å². The second-order valence-electron chi connectivity index (χ2n) is 14.4. The third kappa shape index (κ3) is 37.3. The van der Waals surface area contributed by atoms with Crippen LogP contribution < -0.4 is 5.32 Å². The summed E-state index contributed by atoms with van der Waals surface area (Å²) in [6.07, 6.45) is 57.8. The fourth-order valence-corrected chi connectivity index (χ4v) is 6.25. The van der Waals surface area contributed by atoms with Crippen molar-refractivity contribution in [2.24, 2.45) is 0 Å². The van der Waals surface area contributed by atoms with Crippen LogP contribution in [0.3, 0.4) is 0 Å². The van der Waals surface area contributed by atoms with Crippen molar-refractivity contribution in [1.29, 1.82) is 0 Å². The molecule has 0 aliphatic carbocycles. The van der Waals surface area contributed by atoms with Crippen LogP contribution >= 0.6 is 0 Å². The van der Waals surface area contributed by atoms with Crippen LogP contribution in [0.4, 0.5) is 0 Å². The van der Waals surface area contributed by atoms with Crippen LogP contribution in [0.2, 0.25) is 0 Å². The van der Waals surface area contributed by atoms with Crippen molar-refractivity contribution < 1.29 is 15.0 Å². The number of unbranched alkanes of at least 4 members (excludes halogenated alkanes) is 23. The molecule has 0 heterocycles. The van der Waals surface area contributed by atoms with Gasteiger partial charge in [0.25, 0.3) is 0 Å². The van der Waals surface area contributed by atoms with Crippen LogP contribution in [0.5, 0.6) is 0 Å². The minimum atomic E-state index is -0.870. The van der Waals surface area contributed by atoms with Crippen molar-refractivity contribution in [3.8, 4) is 0 Å². The Bertz CT molecular complexity index is 842. The first-order valence-electron chi connectivity index (χ1n) is 21.5. The Balaban J connectivity index is 3.59. The maximum atomic E-state index is 12.3. The molecule has 0 saturated carbocycles. The average molecular weight is 698 g/mol. The van der Waals surface area contributed by atoms with Crippen LogP contribution in [-0.4, -0.2) is 34.9 Å². The number of aliphatic hydroxyl groups excluding tert-OH is 2. The topological polar surface area (TPSA) is 69.6 Å². The molecule has 0 radical (unpaired) electrons. The smallest absolute Gasteiger partial charge is 0.220 e. The molecule has 4 heteroatoms. The minimum absolute atomic E-state index is 0.145. The first kappa shape index (κ1) is 48.1. The van der Waals surface area contributed by atoms with Crippen molar-refractivity contribution in [3.05, 3.63) is 60.8 Å². The van der Waals surface area contributed by atoms with Crippen molar-refractivity contribution in [2.45, 2.75) is 219 Å². The number of rotatable bonds is 38. The highest BCUT2D eigenvalue weighted by Gasteiger charge is 2.17. The Morgan fingerprint density at radius 3 is 1.28 bits per heavy atom. The lowest BCUT2D eigenvalue weighted by Crippen LogP contribution is -2.45. The van der Waals surface area contributed by atoms with Crippen molar-refractivity contribution in [1.82, 2.24) is 5.32 Å². The van der Waals surface area contributed by atoms with Gasteiger partial charge in [-0.15, -0.1) is 0 Å². The fraction of sp³-hybridized carbons (Fsp3) is 0.761. The van der Waals surface area contributed by atoms with Gasteiger partial charge in [-0.25, -0.2) is 0 Å². The molecular formula is C46H83NO3. The zero-order valence-electron chi connectivity index (χ0n) is 33.2. The summed E-state index contributed by atoms with van der Waals surface area (Å²) in [5, 5.41) is 22.9. The molecule has 50 heavy (non-hydrogen) atoms. The standard InChI is InChI=1S/C46H83NO3/c1-3-5-7-9-11-13-15-17-18-19-20-21-22-23-24-25-26-27-28-30-31-33-35-37-39-41-45(49)44(43-48)47-46(50)42-40-38-36-34-32-29-16-14-12-10-8-6-4-2/h6,8,12,14,29,32,36,38-39,41,44-45,48-49H,3-5,7,9-11,13,15-28,30-31,33-35,37,40,42-43H2,1-2H3,(H,47,50)/b8-6-,14-12-,32-29-,38-36-,41-39+. The molecule has 2 unspecified atom stereocenters. The molecule has 0 saturated heterocycles. The van der Waals surface area contributed by atoms with E-state index < -0.39 is 12.1 Å². The van der Waals surface area contributed by atoms with Gasteiger partial charge in [-0.05, 0) is 44.9 Å². The molecule has 290 valence electrons. The average Bonchev–Trinajstić information content (AvgIpc) is 3.12. The second kappa shape index (κ2) is 41.5. The second-order valence-corrected chi connectivity index (χ2v) is 14.4. The van der Waals surface area contributed by atoms with E-state index in [9.17, 15) is 15.0 Å². The Morgan fingerprint density at radius 1 is 0.500 bits per heavy atom. The lowest BCUT2D eigenvalue weighted by Gasteiger charge is -2.19. The summed E-state index contributed by atoms with van der Waals surface area (Å²) in [5.74, 6) is -0.145. The molecule has 0 aromatic rings. The maximum absolute atomic E-state index is 12.3. The predicted octanol–water partition coefficient (Wildman–Crippen LogP) is 13.3. The molecule has 0 aliphatic heterocycles. The summed E-state index contributed by atoms with van der Waals surface area (Å²) in [7, 11) is 0. The zero-order valence-corrected chi connectivity index (χ0v) is 33.2. The lowest BCUT2D eigenvalue weighted by molar-refractivity contribution is -0.122. The van der Waals surface area contributed by atoms with Gasteiger partial charge < -0.3 is 15.5 Å². The summed E-state index contributed by atoms with van der Waals surface area (Å²) >= 11 is 0. The predicted molar refractivity (Wildman–Crippen MR) is 221 cm³/mol. The molecule has 0 rings (SSSR count). The van der Waals surface area contributed by atoms with E-state index in [4.69, 9.17) is 0 Å². The Kier molecular flexibility index (Phi) is 39.9. The molecule has 1 amide bonds. The summed E-state index contributed by atoms with van der Waals surface area (Å²) in [6, 6.07) is -0.662. The van der Waals surface area contributed by atoms with Gasteiger partial charge in [0.05, 0.1) is 18.8 Å². The van der Waals surface area contributed by atoms with Crippen LogP contribution in [0, 0.1) is 0 Å². The summed E-state index contributed by atoms with van der Waals surface area (Å²) in [6.45, 7) is 4.16. The van der Waals surface area contributed by atoms with E-state index in [1.807, 2.05) is 12.2 Å². The monoisotopic (exact) mass is 698 g/mol. The SMILES string of the molecule is CC/C=C\C/C=C\C/C=C\C/C=C\CCC(=O)NC(CO)C(O)/C=C/CCCCCCCCCCCCCCCCCCCCCCCCC. The highest BCUT2D eigenvalue weighted by Crippen LogP contribution is 2.16. The lowest BCUT2D eigenvalue weighted by atomic mass is 10.0. The van der Waals surface area contributed by atoms with Gasteiger partial charge in [-0.2, -0.15) is 0 Å². The van der Waals surface area contributed by atoms with E-state index in [0.717, 1.165) is 38.5 Å². The molecule has 0 aromatic heterocycles. The molecule has 0 bridgehead atoms. The van der Waals surface area contributed by atoms with Gasteiger partial charge in [0, 0.05) is 6.42 Å². The summed E-state index contributed by atoms with van der Waals surface area (Å²) < 4.78 is 0. The van der Waals surface area contributed by atoms with Gasteiger partial charge in [0.1, 0.15) is 0 Å². The Hall–Kier alpha value is -1.91.